The fourth-order valence-electron chi connectivity index (χ4n) is 1.10. The summed E-state index contributed by atoms with van der Waals surface area (Å²) in [5, 5.41) is 14.8. The Labute approximate surface area is 118 Å². The Kier molecular flexibility index (Phi) is 8.09. The maximum atomic E-state index is 11.2. The molecule has 0 spiro atoms. The van der Waals surface area contributed by atoms with Gasteiger partial charge in [-0.25, -0.2) is 0 Å². The standard InChI is InChI=1S/C10H12Cl2O7/c11-5(1-7(13)14)3-9(17)19-10(18)4-6(12)2-8(15)16/h5-6H,1-4H2,(H,13,14)(H,15,16). The van der Waals surface area contributed by atoms with Crippen LogP contribution in [0.5, 0.6) is 0 Å². The smallest absolute Gasteiger partial charge is 0.314 e. The van der Waals surface area contributed by atoms with E-state index in [1.165, 1.54) is 0 Å². The minimum atomic E-state index is -1.18. The van der Waals surface area contributed by atoms with E-state index in [0.29, 0.717) is 0 Å². The first-order chi connectivity index (χ1) is 8.70. The first kappa shape index (κ1) is 17.7. The number of hydrogen-bond donors (Lipinski definition) is 2. The van der Waals surface area contributed by atoms with Gasteiger partial charge in [0.05, 0.1) is 36.4 Å². The van der Waals surface area contributed by atoms with Crippen LogP contribution in [0, 0.1) is 0 Å². The number of carbonyl (C=O) groups excluding carboxylic acids is 2. The lowest BCUT2D eigenvalue weighted by Crippen LogP contribution is -2.20. The van der Waals surface area contributed by atoms with Gasteiger partial charge in [0.1, 0.15) is 0 Å². The molecule has 0 fully saturated rings. The summed E-state index contributed by atoms with van der Waals surface area (Å²) in [4.78, 5) is 42.9. The first-order valence-electron chi connectivity index (χ1n) is 5.16. The number of aliphatic carboxylic acids is 2. The highest BCUT2D eigenvalue weighted by Gasteiger charge is 2.21. The highest BCUT2D eigenvalue weighted by atomic mass is 35.5. The molecule has 0 amide bonds. The average molecular weight is 315 g/mol. The highest BCUT2D eigenvalue weighted by molar-refractivity contribution is 6.23. The van der Waals surface area contributed by atoms with Gasteiger partial charge in [-0.1, -0.05) is 0 Å². The van der Waals surface area contributed by atoms with Gasteiger partial charge in [0.2, 0.25) is 0 Å². The molecule has 9 heteroatoms. The number of esters is 2. The quantitative estimate of drug-likeness (QED) is 0.390. The monoisotopic (exact) mass is 314 g/mol. The number of carboxylic acid groups (broad SMARTS) is 2. The SMILES string of the molecule is O=C(O)CC(Cl)CC(=O)OC(=O)CC(Cl)CC(=O)O. The number of hydrogen-bond acceptors (Lipinski definition) is 5. The zero-order chi connectivity index (χ0) is 15.0. The molecule has 0 bridgehead atoms. The van der Waals surface area contributed by atoms with Crippen molar-refractivity contribution < 1.29 is 34.1 Å². The van der Waals surface area contributed by atoms with Crippen molar-refractivity contribution in [1.29, 1.82) is 0 Å². The van der Waals surface area contributed by atoms with E-state index in [-0.39, 0.29) is 0 Å². The summed E-state index contributed by atoms with van der Waals surface area (Å²) in [7, 11) is 0. The van der Waals surface area contributed by atoms with Gasteiger partial charge in [0, 0.05) is 0 Å². The summed E-state index contributed by atoms with van der Waals surface area (Å²) >= 11 is 11.1. The molecule has 7 nitrogen and oxygen atoms in total. The van der Waals surface area contributed by atoms with Crippen LogP contribution in [0.2, 0.25) is 0 Å². The normalized spacial score (nSPS) is 13.4. The maximum Gasteiger partial charge on any atom is 0.314 e. The van der Waals surface area contributed by atoms with Crippen LogP contribution in [0.25, 0.3) is 0 Å². The summed E-state index contributed by atoms with van der Waals surface area (Å²) in [6.07, 6.45) is -1.76. The Morgan fingerprint density at radius 3 is 1.37 bits per heavy atom. The third-order valence-corrected chi connectivity index (χ3v) is 2.41. The minimum Gasteiger partial charge on any atom is -0.481 e. The van der Waals surface area contributed by atoms with Crippen LogP contribution < -0.4 is 0 Å². The van der Waals surface area contributed by atoms with Crippen molar-refractivity contribution >= 4 is 47.1 Å². The molecule has 0 aliphatic heterocycles. The van der Waals surface area contributed by atoms with Crippen LogP contribution in [-0.2, 0) is 23.9 Å². The van der Waals surface area contributed by atoms with E-state index in [0.717, 1.165) is 0 Å². The molecule has 0 rings (SSSR count). The predicted molar refractivity (Wildman–Crippen MR) is 64.1 cm³/mol. The highest BCUT2D eigenvalue weighted by Crippen LogP contribution is 2.11. The van der Waals surface area contributed by atoms with Gasteiger partial charge in [-0.15, -0.1) is 23.2 Å². The molecule has 108 valence electrons. The van der Waals surface area contributed by atoms with Crippen molar-refractivity contribution in [3.8, 4) is 0 Å². The molecule has 2 N–H and O–H groups in total. The van der Waals surface area contributed by atoms with E-state index in [1.807, 2.05) is 0 Å². The Balaban J connectivity index is 4.02. The molecule has 2 atom stereocenters. The Bertz CT molecular complexity index is 335. The van der Waals surface area contributed by atoms with Crippen LogP contribution in [0.4, 0.5) is 0 Å². The van der Waals surface area contributed by atoms with Gasteiger partial charge in [-0.3, -0.25) is 19.2 Å². The van der Waals surface area contributed by atoms with E-state index in [2.05, 4.69) is 4.74 Å². The van der Waals surface area contributed by atoms with E-state index >= 15 is 0 Å². The lowest BCUT2D eigenvalue weighted by Gasteiger charge is -2.08. The van der Waals surface area contributed by atoms with Crippen molar-refractivity contribution in [1.82, 2.24) is 0 Å². The van der Waals surface area contributed by atoms with Gasteiger partial charge < -0.3 is 14.9 Å². The molecular weight excluding hydrogens is 303 g/mol. The largest absolute Gasteiger partial charge is 0.481 e. The zero-order valence-corrected chi connectivity index (χ0v) is 11.2. The molecule has 0 aromatic heterocycles. The molecule has 0 aromatic carbocycles. The van der Waals surface area contributed by atoms with E-state index in [4.69, 9.17) is 33.4 Å². The second-order valence-electron chi connectivity index (χ2n) is 3.64. The third-order valence-electron chi connectivity index (χ3n) is 1.80. The van der Waals surface area contributed by atoms with E-state index < -0.39 is 60.3 Å². The minimum absolute atomic E-state index is 0.439. The summed E-state index contributed by atoms with van der Waals surface area (Å²) in [6.45, 7) is 0. The van der Waals surface area contributed by atoms with E-state index in [9.17, 15) is 19.2 Å². The topological polar surface area (TPSA) is 118 Å². The fourth-order valence-corrected chi connectivity index (χ4v) is 1.61. The number of ether oxygens (including phenoxy) is 1. The van der Waals surface area contributed by atoms with Crippen LogP contribution in [-0.4, -0.2) is 44.8 Å². The second kappa shape index (κ2) is 8.71. The molecule has 2 unspecified atom stereocenters. The number of carboxylic acids is 2. The number of halogens is 2. The molecule has 0 heterocycles. The second-order valence-corrected chi connectivity index (χ2v) is 4.88. The van der Waals surface area contributed by atoms with Crippen LogP contribution in [0.3, 0.4) is 0 Å². The Morgan fingerprint density at radius 2 is 1.11 bits per heavy atom. The summed E-state index contributed by atoms with van der Waals surface area (Å²) in [6, 6.07) is 0. The van der Waals surface area contributed by atoms with Gasteiger partial charge in [-0.05, 0) is 0 Å². The molecule has 0 saturated heterocycles. The molecule has 0 aliphatic rings. The number of carbonyl (C=O) groups is 4. The van der Waals surface area contributed by atoms with Crippen molar-refractivity contribution in [2.24, 2.45) is 0 Å². The van der Waals surface area contributed by atoms with Gasteiger partial charge in [0.15, 0.2) is 0 Å². The number of rotatable bonds is 8. The zero-order valence-electron chi connectivity index (χ0n) is 9.67. The lowest BCUT2D eigenvalue weighted by atomic mass is 10.2. The summed E-state index contributed by atoms with van der Waals surface area (Å²) in [5.41, 5.74) is 0. The Hall–Kier alpha value is -1.34. The van der Waals surface area contributed by atoms with Gasteiger partial charge >= 0.3 is 23.9 Å². The van der Waals surface area contributed by atoms with Crippen molar-refractivity contribution in [2.75, 3.05) is 0 Å². The van der Waals surface area contributed by atoms with Crippen molar-refractivity contribution in [3.05, 3.63) is 0 Å². The van der Waals surface area contributed by atoms with Crippen LogP contribution in [0.15, 0.2) is 0 Å². The maximum absolute atomic E-state index is 11.2. The third kappa shape index (κ3) is 10.3. The van der Waals surface area contributed by atoms with Crippen molar-refractivity contribution in [3.63, 3.8) is 0 Å². The Morgan fingerprint density at radius 1 is 0.789 bits per heavy atom. The number of alkyl halides is 2. The van der Waals surface area contributed by atoms with Gasteiger partial charge in [0.25, 0.3) is 0 Å². The van der Waals surface area contributed by atoms with Crippen LogP contribution >= 0.6 is 23.2 Å². The molecular formula is C10H12Cl2O7. The summed E-state index contributed by atoms with van der Waals surface area (Å²) < 4.78 is 4.32. The predicted octanol–water partition coefficient (Wildman–Crippen LogP) is 1.00. The fraction of sp³-hybridized carbons (Fsp3) is 0.600. The summed E-state index contributed by atoms with van der Waals surface area (Å²) in [5.74, 6) is -4.32. The molecule has 0 saturated carbocycles. The molecule has 0 aromatic rings. The van der Waals surface area contributed by atoms with Gasteiger partial charge in [-0.2, -0.15) is 0 Å². The van der Waals surface area contributed by atoms with Crippen molar-refractivity contribution in [2.45, 2.75) is 36.4 Å². The molecule has 19 heavy (non-hydrogen) atoms. The molecule has 0 radical (unpaired) electrons. The van der Waals surface area contributed by atoms with E-state index in [1.54, 1.807) is 0 Å². The molecule has 0 aliphatic carbocycles. The first-order valence-corrected chi connectivity index (χ1v) is 6.03. The average Bonchev–Trinajstić information content (AvgIpc) is 2.12. The van der Waals surface area contributed by atoms with Crippen LogP contribution in [0.1, 0.15) is 25.7 Å². The lowest BCUT2D eigenvalue weighted by molar-refractivity contribution is -0.159.